The minimum Gasteiger partial charge on any atom is -0.497 e. The summed E-state index contributed by atoms with van der Waals surface area (Å²) in [5, 5.41) is 16.5. The molecular formula is C20H20N6O5S. The van der Waals surface area contributed by atoms with E-state index < -0.39 is 0 Å². The van der Waals surface area contributed by atoms with Gasteiger partial charge in [0.25, 0.3) is 0 Å². The Morgan fingerprint density at radius 2 is 1.69 bits per heavy atom. The van der Waals surface area contributed by atoms with Crippen LogP contribution in [0.5, 0.6) is 23.0 Å². The predicted octanol–water partition coefficient (Wildman–Crippen LogP) is 3.04. The molecule has 0 fully saturated rings. The molecule has 0 aliphatic carbocycles. The average Bonchev–Trinajstić information content (AvgIpc) is 3.51. The highest BCUT2D eigenvalue weighted by Crippen LogP contribution is 2.33. The highest BCUT2D eigenvalue weighted by Gasteiger charge is 2.17. The zero-order valence-electron chi connectivity index (χ0n) is 17.8. The summed E-state index contributed by atoms with van der Waals surface area (Å²) in [6.07, 6.45) is 0. The minimum absolute atomic E-state index is 0.368. The predicted molar refractivity (Wildman–Crippen MR) is 115 cm³/mol. The minimum atomic E-state index is 0.368. The molecule has 4 aromatic rings. The molecule has 32 heavy (non-hydrogen) atoms. The fraction of sp³-hybridized carbons (Fsp3) is 0.250. The van der Waals surface area contributed by atoms with Gasteiger partial charge in [-0.05, 0) is 40.8 Å². The van der Waals surface area contributed by atoms with Crippen molar-refractivity contribution in [1.29, 1.82) is 0 Å². The second-order valence-corrected chi connectivity index (χ2v) is 7.22. The van der Waals surface area contributed by atoms with Gasteiger partial charge in [0.15, 0.2) is 11.5 Å². The Bertz CT molecular complexity index is 1210. The summed E-state index contributed by atoms with van der Waals surface area (Å²) in [7, 11) is 6.32. The number of thioether (sulfide) groups is 1. The van der Waals surface area contributed by atoms with E-state index in [0.29, 0.717) is 51.3 Å². The van der Waals surface area contributed by atoms with Crippen molar-refractivity contribution in [3.63, 3.8) is 0 Å². The van der Waals surface area contributed by atoms with E-state index in [0.717, 1.165) is 5.56 Å². The van der Waals surface area contributed by atoms with Crippen molar-refractivity contribution in [3.05, 3.63) is 42.3 Å². The van der Waals surface area contributed by atoms with Crippen LogP contribution in [0.3, 0.4) is 0 Å². The van der Waals surface area contributed by atoms with Crippen molar-refractivity contribution in [2.24, 2.45) is 0 Å². The lowest BCUT2D eigenvalue weighted by Gasteiger charge is -2.10. The topological polar surface area (TPSA) is 119 Å². The molecule has 2 aromatic carbocycles. The van der Waals surface area contributed by atoms with Crippen LogP contribution in [0.2, 0.25) is 0 Å². The molecule has 0 aliphatic rings. The standard InChI is InChI=1S/C20H20N6O5S/c1-27-13-6-8-15(28-2)14(10-13)26-20(22-24-25-26)32-11-18-21-19(23-31-18)12-5-7-16(29-3)17(9-12)30-4/h5-10H,11H2,1-4H3. The van der Waals surface area contributed by atoms with Crippen molar-refractivity contribution >= 4 is 11.8 Å². The highest BCUT2D eigenvalue weighted by molar-refractivity contribution is 7.98. The van der Waals surface area contributed by atoms with Gasteiger partial charge in [-0.15, -0.1) is 5.10 Å². The van der Waals surface area contributed by atoms with Crippen molar-refractivity contribution < 1.29 is 23.5 Å². The molecule has 11 nitrogen and oxygen atoms in total. The molecule has 0 amide bonds. The van der Waals surface area contributed by atoms with E-state index in [9.17, 15) is 0 Å². The first-order chi connectivity index (χ1) is 15.7. The fourth-order valence-corrected chi connectivity index (χ4v) is 3.64. The van der Waals surface area contributed by atoms with Crippen molar-refractivity contribution in [2.45, 2.75) is 10.9 Å². The van der Waals surface area contributed by atoms with Crippen molar-refractivity contribution in [1.82, 2.24) is 30.3 Å². The van der Waals surface area contributed by atoms with E-state index in [1.807, 2.05) is 6.07 Å². The number of benzene rings is 2. The summed E-state index contributed by atoms with van der Waals surface area (Å²) in [4.78, 5) is 4.46. The third kappa shape index (κ3) is 4.30. The van der Waals surface area contributed by atoms with Gasteiger partial charge in [-0.1, -0.05) is 16.9 Å². The second kappa shape index (κ2) is 9.56. The first-order valence-electron chi connectivity index (χ1n) is 9.35. The van der Waals surface area contributed by atoms with Gasteiger partial charge in [-0.2, -0.15) is 9.67 Å². The molecule has 0 aliphatic heterocycles. The first-order valence-corrected chi connectivity index (χ1v) is 10.3. The summed E-state index contributed by atoms with van der Waals surface area (Å²) < 4.78 is 28.3. The number of nitrogens with zero attached hydrogens (tertiary/aromatic N) is 6. The number of ether oxygens (including phenoxy) is 4. The normalized spacial score (nSPS) is 10.8. The summed E-state index contributed by atoms with van der Waals surface area (Å²) >= 11 is 1.35. The largest absolute Gasteiger partial charge is 0.497 e. The van der Waals surface area contributed by atoms with Crippen LogP contribution in [0, 0.1) is 0 Å². The molecule has 0 atom stereocenters. The van der Waals surface area contributed by atoms with Gasteiger partial charge in [0.05, 0.1) is 34.2 Å². The van der Waals surface area contributed by atoms with Gasteiger partial charge < -0.3 is 23.5 Å². The molecule has 0 spiro atoms. The van der Waals surface area contributed by atoms with Gasteiger partial charge in [0.2, 0.25) is 16.9 Å². The molecule has 0 N–H and O–H groups in total. The molecule has 166 valence electrons. The van der Waals surface area contributed by atoms with E-state index >= 15 is 0 Å². The lowest BCUT2D eigenvalue weighted by Crippen LogP contribution is -2.02. The smallest absolute Gasteiger partial charge is 0.237 e. The molecule has 4 rings (SSSR count). The number of aromatic nitrogens is 6. The summed E-state index contributed by atoms with van der Waals surface area (Å²) in [5.74, 6) is 3.69. The summed E-state index contributed by atoms with van der Waals surface area (Å²) in [6, 6.07) is 10.8. The van der Waals surface area contributed by atoms with E-state index in [2.05, 4.69) is 25.7 Å². The average molecular weight is 456 g/mol. The number of tetrazole rings is 1. The van der Waals surface area contributed by atoms with Crippen LogP contribution in [-0.4, -0.2) is 58.8 Å². The number of hydrogen-bond acceptors (Lipinski definition) is 11. The maximum atomic E-state index is 5.43. The highest BCUT2D eigenvalue weighted by atomic mass is 32.2. The van der Waals surface area contributed by atoms with Crippen LogP contribution in [0.15, 0.2) is 46.1 Å². The van der Waals surface area contributed by atoms with E-state index in [-0.39, 0.29) is 0 Å². The Morgan fingerprint density at radius 1 is 0.906 bits per heavy atom. The van der Waals surface area contributed by atoms with Crippen molar-refractivity contribution in [3.8, 4) is 40.1 Å². The Hall–Kier alpha value is -3.80. The third-order valence-electron chi connectivity index (χ3n) is 4.49. The van der Waals surface area contributed by atoms with Crippen LogP contribution in [0.4, 0.5) is 0 Å². The molecule has 0 unspecified atom stereocenters. The third-order valence-corrected chi connectivity index (χ3v) is 5.39. The lowest BCUT2D eigenvalue weighted by atomic mass is 10.2. The SMILES string of the molecule is COc1ccc(OC)c(-n2nnnc2SCc2nc(-c3ccc(OC)c(OC)c3)no2)c1. The van der Waals surface area contributed by atoms with Crippen LogP contribution in [0.25, 0.3) is 17.1 Å². The molecule has 2 aromatic heterocycles. The lowest BCUT2D eigenvalue weighted by molar-refractivity contribution is 0.355. The monoisotopic (exact) mass is 456 g/mol. The van der Waals surface area contributed by atoms with Gasteiger partial charge >= 0.3 is 0 Å². The molecule has 0 saturated heterocycles. The van der Waals surface area contributed by atoms with Gasteiger partial charge in [-0.25, -0.2) is 0 Å². The Morgan fingerprint density at radius 3 is 2.44 bits per heavy atom. The van der Waals surface area contributed by atoms with E-state index in [1.54, 1.807) is 63.5 Å². The summed E-state index contributed by atoms with van der Waals surface area (Å²) in [6.45, 7) is 0. The molecule has 0 bridgehead atoms. The van der Waals surface area contributed by atoms with Gasteiger partial charge in [0.1, 0.15) is 17.2 Å². The van der Waals surface area contributed by atoms with Crippen LogP contribution in [0.1, 0.15) is 5.89 Å². The Kier molecular flexibility index (Phi) is 6.40. The van der Waals surface area contributed by atoms with Crippen LogP contribution < -0.4 is 18.9 Å². The Labute approximate surface area is 187 Å². The maximum Gasteiger partial charge on any atom is 0.237 e. The quantitative estimate of drug-likeness (QED) is 0.346. The van der Waals surface area contributed by atoms with Crippen molar-refractivity contribution in [2.75, 3.05) is 28.4 Å². The van der Waals surface area contributed by atoms with Crippen LogP contribution >= 0.6 is 11.8 Å². The van der Waals surface area contributed by atoms with E-state index in [1.165, 1.54) is 11.8 Å². The fourth-order valence-electron chi connectivity index (χ4n) is 2.91. The molecule has 0 saturated carbocycles. The number of methoxy groups -OCH3 is 4. The summed E-state index contributed by atoms with van der Waals surface area (Å²) in [5.41, 5.74) is 1.39. The number of rotatable bonds is 9. The zero-order chi connectivity index (χ0) is 22.5. The second-order valence-electron chi connectivity index (χ2n) is 6.28. The van der Waals surface area contributed by atoms with Gasteiger partial charge in [0, 0.05) is 11.6 Å². The van der Waals surface area contributed by atoms with Crippen LogP contribution in [-0.2, 0) is 5.75 Å². The number of hydrogen-bond donors (Lipinski definition) is 0. The molecule has 2 heterocycles. The molecule has 0 radical (unpaired) electrons. The Balaban J connectivity index is 1.53. The zero-order valence-corrected chi connectivity index (χ0v) is 18.6. The van der Waals surface area contributed by atoms with E-state index in [4.69, 9.17) is 23.5 Å². The molecule has 12 heteroatoms. The maximum absolute atomic E-state index is 5.43. The first kappa shape index (κ1) is 21.4. The van der Waals surface area contributed by atoms with Gasteiger partial charge in [-0.3, -0.25) is 0 Å². The molecular weight excluding hydrogens is 436 g/mol.